The van der Waals surface area contributed by atoms with Gasteiger partial charge in [-0.15, -0.1) is 6.58 Å². The van der Waals surface area contributed by atoms with E-state index in [0.29, 0.717) is 0 Å². The van der Waals surface area contributed by atoms with Crippen LogP contribution < -0.4 is 0 Å². The minimum atomic E-state index is -0.544. The second-order valence-electron chi connectivity index (χ2n) is 3.17. The van der Waals surface area contributed by atoms with Crippen LogP contribution in [0.3, 0.4) is 0 Å². The van der Waals surface area contributed by atoms with E-state index in [0.717, 1.165) is 5.56 Å². The van der Waals surface area contributed by atoms with E-state index >= 15 is 0 Å². The van der Waals surface area contributed by atoms with Gasteiger partial charge in [-0.2, -0.15) is 5.26 Å². The van der Waals surface area contributed by atoms with Crippen LogP contribution in [-0.2, 0) is 0 Å². The number of rotatable bonds is 3. The van der Waals surface area contributed by atoms with Gasteiger partial charge in [0.1, 0.15) is 11.6 Å². The molecule has 0 bridgehead atoms. The minimum absolute atomic E-state index is 0.0384. The summed E-state index contributed by atoms with van der Waals surface area (Å²) in [7, 11) is 0. The summed E-state index contributed by atoms with van der Waals surface area (Å²) < 4.78 is 0. The van der Waals surface area contributed by atoms with Gasteiger partial charge in [-0.05, 0) is 17.5 Å². The van der Waals surface area contributed by atoms with E-state index in [4.69, 9.17) is 5.26 Å². The molecule has 0 aliphatic rings. The zero-order valence-electron chi connectivity index (χ0n) is 8.30. The van der Waals surface area contributed by atoms with Crippen LogP contribution in [0.25, 0.3) is 0 Å². The number of benzene rings is 1. The summed E-state index contributed by atoms with van der Waals surface area (Å²) in [5.41, 5.74) is 0.722. The van der Waals surface area contributed by atoms with Crippen molar-refractivity contribution in [1.82, 2.24) is 0 Å². The summed E-state index contributed by atoms with van der Waals surface area (Å²) >= 11 is 0. The molecule has 1 aromatic rings. The van der Waals surface area contributed by atoms with Gasteiger partial charge in [-0.3, -0.25) is 10.1 Å². The largest absolute Gasteiger partial charge is 0.287 e. The van der Waals surface area contributed by atoms with Gasteiger partial charge in [-0.25, -0.2) is 0 Å². The summed E-state index contributed by atoms with van der Waals surface area (Å²) in [6.45, 7) is 5.51. The predicted octanol–water partition coefficient (Wildman–Crippen LogP) is 2.76. The highest BCUT2D eigenvalue weighted by Crippen LogP contribution is 2.24. The maximum Gasteiger partial charge on any atom is 0.287 e. The van der Waals surface area contributed by atoms with Gasteiger partial charge < -0.3 is 0 Å². The first kappa shape index (κ1) is 10.9. The van der Waals surface area contributed by atoms with Crippen LogP contribution >= 0.6 is 0 Å². The van der Waals surface area contributed by atoms with Gasteiger partial charge in [0.25, 0.3) is 5.69 Å². The van der Waals surface area contributed by atoms with Gasteiger partial charge in [0, 0.05) is 6.07 Å². The van der Waals surface area contributed by atoms with Gasteiger partial charge in [-0.1, -0.05) is 19.1 Å². The zero-order chi connectivity index (χ0) is 11.4. The molecule has 76 valence electrons. The fourth-order valence-corrected chi connectivity index (χ4v) is 1.21. The van der Waals surface area contributed by atoms with Crippen molar-refractivity contribution >= 4 is 5.69 Å². The Bertz CT molecular complexity index is 446. The van der Waals surface area contributed by atoms with E-state index in [-0.39, 0.29) is 17.2 Å². The van der Waals surface area contributed by atoms with E-state index in [1.807, 2.05) is 6.92 Å². The summed E-state index contributed by atoms with van der Waals surface area (Å²) in [5, 5.41) is 19.4. The molecule has 0 saturated carbocycles. The van der Waals surface area contributed by atoms with E-state index in [1.54, 1.807) is 18.2 Å². The molecule has 1 aromatic carbocycles. The molecule has 0 radical (unpaired) electrons. The topological polar surface area (TPSA) is 66.9 Å². The summed E-state index contributed by atoms with van der Waals surface area (Å²) in [5.74, 6) is 0.0384. The number of allylic oxidation sites excluding steroid dienone is 1. The average molecular weight is 202 g/mol. The van der Waals surface area contributed by atoms with E-state index < -0.39 is 4.92 Å². The maximum atomic E-state index is 10.7. The number of nitro benzene ring substituents is 1. The van der Waals surface area contributed by atoms with E-state index in [1.165, 1.54) is 12.1 Å². The third kappa shape index (κ3) is 2.20. The van der Waals surface area contributed by atoms with E-state index in [9.17, 15) is 10.1 Å². The summed E-state index contributed by atoms with van der Waals surface area (Å²) in [6.07, 6.45) is 1.70. The zero-order valence-corrected chi connectivity index (χ0v) is 8.30. The Morgan fingerprint density at radius 2 is 2.33 bits per heavy atom. The standard InChI is InChI=1S/C11H10N2O2/c1-3-8(2)9-4-5-10(7-12)11(6-9)13(14)15/h3-6,8H,1H2,2H3. The average Bonchev–Trinajstić information content (AvgIpc) is 2.27. The first-order valence-corrected chi connectivity index (χ1v) is 4.41. The van der Waals surface area contributed by atoms with Crippen molar-refractivity contribution in [3.05, 3.63) is 52.1 Å². The van der Waals surface area contributed by atoms with Crippen molar-refractivity contribution < 1.29 is 4.92 Å². The Morgan fingerprint density at radius 3 is 2.80 bits per heavy atom. The molecule has 0 aliphatic carbocycles. The molecule has 0 amide bonds. The SMILES string of the molecule is C=CC(C)c1ccc(C#N)c([N+](=O)[O-])c1. The lowest BCUT2D eigenvalue weighted by Crippen LogP contribution is -1.96. The van der Waals surface area contributed by atoms with Gasteiger partial charge >= 0.3 is 0 Å². The van der Waals surface area contributed by atoms with Crippen molar-refractivity contribution in [2.45, 2.75) is 12.8 Å². The second kappa shape index (κ2) is 4.38. The van der Waals surface area contributed by atoms with Crippen LogP contribution in [0.1, 0.15) is 24.0 Å². The Labute approximate surface area is 87.6 Å². The molecule has 0 saturated heterocycles. The molecule has 0 aliphatic heterocycles. The van der Waals surface area contributed by atoms with Crippen molar-refractivity contribution in [2.24, 2.45) is 0 Å². The lowest BCUT2D eigenvalue weighted by Gasteiger charge is -2.05. The number of hydrogen-bond acceptors (Lipinski definition) is 3. The maximum absolute atomic E-state index is 10.7. The van der Waals surface area contributed by atoms with Crippen LogP contribution in [0.5, 0.6) is 0 Å². The Hall–Kier alpha value is -2.15. The molecule has 1 atom stereocenters. The molecule has 0 spiro atoms. The Balaban J connectivity index is 3.29. The molecule has 15 heavy (non-hydrogen) atoms. The monoisotopic (exact) mass is 202 g/mol. The quantitative estimate of drug-likeness (QED) is 0.430. The highest BCUT2D eigenvalue weighted by molar-refractivity contribution is 5.51. The molecule has 0 fully saturated rings. The molecule has 4 heteroatoms. The number of nitriles is 1. The first-order valence-electron chi connectivity index (χ1n) is 4.41. The highest BCUT2D eigenvalue weighted by Gasteiger charge is 2.15. The lowest BCUT2D eigenvalue weighted by molar-refractivity contribution is -0.385. The molecule has 0 aromatic heterocycles. The first-order chi connectivity index (χ1) is 7.10. The smallest absolute Gasteiger partial charge is 0.258 e. The fraction of sp³-hybridized carbons (Fsp3) is 0.182. The second-order valence-corrected chi connectivity index (χ2v) is 3.17. The van der Waals surface area contributed by atoms with Crippen LogP contribution in [0, 0.1) is 21.4 Å². The van der Waals surface area contributed by atoms with Crippen molar-refractivity contribution in [3.63, 3.8) is 0 Å². The van der Waals surface area contributed by atoms with Gasteiger partial charge in [0.2, 0.25) is 0 Å². The van der Waals surface area contributed by atoms with Gasteiger partial charge in [0.15, 0.2) is 0 Å². The Kier molecular flexibility index (Phi) is 3.19. The predicted molar refractivity (Wildman–Crippen MR) is 56.4 cm³/mol. The van der Waals surface area contributed by atoms with Crippen LogP contribution in [-0.4, -0.2) is 4.92 Å². The third-order valence-corrected chi connectivity index (χ3v) is 2.22. The van der Waals surface area contributed by atoms with Crippen molar-refractivity contribution in [2.75, 3.05) is 0 Å². The molecule has 0 heterocycles. The van der Waals surface area contributed by atoms with E-state index in [2.05, 4.69) is 6.58 Å². The summed E-state index contributed by atoms with van der Waals surface area (Å²) in [6, 6.07) is 6.39. The van der Waals surface area contributed by atoms with Crippen molar-refractivity contribution in [3.8, 4) is 6.07 Å². The molecule has 1 rings (SSSR count). The molecule has 1 unspecified atom stereocenters. The lowest BCUT2D eigenvalue weighted by atomic mass is 9.99. The molecule has 4 nitrogen and oxygen atoms in total. The van der Waals surface area contributed by atoms with Crippen LogP contribution in [0.15, 0.2) is 30.9 Å². The number of hydrogen-bond donors (Lipinski definition) is 0. The van der Waals surface area contributed by atoms with Crippen molar-refractivity contribution in [1.29, 1.82) is 5.26 Å². The van der Waals surface area contributed by atoms with Crippen LogP contribution in [0.2, 0.25) is 0 Å². The number of nitro groups is 1. The highest BCUT2D eigenvalue weighted by atomic mass is 16.6. The third-order valence-electron chi connectivity index (χ3n) is 2.22. The minimum Gasteiger partial charge on any atom is -0.258 e. The molecular formula is C11H10N2O2. The summed E-state index contributed by atoms with van der Waals surface area (Å²) in [4.78, 5) is 10.1. The normalized spacial score (nSPS) is 11.5. The molecular weight excluding hydrogens is 192 g/mol. The fourth-order valence-electron chi connectivity index (χ4n) is 1.21. The molecule has 0 N–H and O–H groups in total. The van der Waals surface area contributed by atoms with Crippen LogP contribution in [0.4, 0.5) is 5.69 Å². The number of nitrogens with zero attached hydrogens (tertiary/aromatic N) is 2. The van der Waals surface area contributed by atoms with Gasteiger partial charge in [0.05, 0.1) is 4.92 Å². The Morgan fingerprint density at radius 1 is 1.67 bits per heavy atom.